The van der Waals surface area contributed by atoms with Crippen LogP contribution in [0.1, 0.15) is 20.8 Å². The smallest absolute Gasteiger partial charge is 0.279 e. The number of aromatic nitrogens is 1. The van der Waals surface area contributed by atoms with Gasteiger partial charge in [0.25, 0.3) is 5.91 Å². The molecule has 3 N–H and O–H groups in total. The average molecular weight is 414 g/mol. The van der Waals surface area contributed by atoms with E-state index in [2.05, 4.69) is 17.0 Å². The fourth-order valence-corrected chi connectivity index (χ4v) is 2.63. The summed E-state index contributed by atoms with van der Waals surface area (Å²) in [6, 6.07) is 2.62. The first-order valence-electron chi connectivity index (χ1n) is 7.36. The Hall–Kier alpha value is -2.68. The van der Waals surface area contributed by atoms with E-state index in [0.717, 1.165) is 0 Å². The zero-order valence-corrected chi connectivity index (χ0v) is 15.5. The first-order chi connectivity index (χ1) is 12.9. The van der Waals surface area contributed by atoms with Crippen LogP contribution in [0.2, 0.25) is 10.0 Å². The number of amides is 1. The molecule has 142 valence electrons. The average Bonchev–Trinajstić information content (AvgIpc) is 2.64. The van der Waals surface area contributed by atoms with E-state index in [-0.39, 0.29) is 50.6 Å². The Morgan fingerprint density at radius 3 is 2.74 bits per heavy atom. The molecule has 0 saturated heterocycles. The van der Waals surface area contributed by atoms with Gasteiger partial charge in [-0.05, 0) is 12.1 Å². The van der Waals surface area contributed by atoms with Crippen molar-refractivity contribution >= 4 is 41.1 Å². The maximum Gasteiger partial charge on any atom is 0.279 e. The molecule has 2 aromatic rings. The van der Waals surface area contributed by atoms with Crippen LogP contribution in [0.5, 0.6) is 5.75 Å². The second-order valence-electron chi connectivity index (χ2n) is 5.04. The van der Waals surface area contributed by atoms with E-state index in [1.165, 1.54) is 25.3 Å². The Morgan fingerprint density at radius 2 is 2.15 bits per heavy atom. The number of anilines is 1. The van der Waals surface area contributed by atoms with Gasteiger partial charge in [-0.2, -0.15) is 0 Å². The molecule has 0 spiro atoms. The molecule has 1 aromatic heterocycles. The second kappa shape index (κ2) is 8.81. The molecule has 0 fully saturated rings. The summed E-state index contributed by atoms with van der Waals surface area (Å²) in [5.74, 6) is -1.99. The summed E-state index contributed by atoms with van der Waals surface area (Å²) in [7, 11) is 1.23. The molecule has 1 heterocycles. The monoisotopic (exact) mass is 413 g/mol. The van der Waals surface area contributed by atoms with E-state index in [1.54, 1.807) is 0 Å². The van der Waals surface area contributed by atoms with Gasteiger partial charge in [0.15, 0.2) is 17.9 Å². The zero-order chi connectivity index (χ0) is 20.1. The minimum absolute atomic E-state index is 0.0108. The molecule has 7 nitrogen and oxygen atoms in total. The number of hydrogen-bond acceptors (Lipinski definition) is 6. The molecule has 0 aliphatic rings. The number of nitrogens with two attached hydrogens (primary N) is 1. The van der Waals surface area contributed by atoms with Gasteiger partial charge in [0.05, 0.1) is 40.7 Å². The van der Waals surface area contributed by atoms with Gasteiger partial charge in [-0.15, -0.1) is 6.58 Å². The number of aldehydes is 1. The predicted octanol–water partition coefficient (Wildman–Crippen LogP) is 3.45. The van der Waals surface area contributed by atoms with Crippen molar-refractivity contribution in [2.75, 3.05) is 19.5 Å². The fourth-order valence-electron chi connectivity index (χ4n) is 2.22. The van der Waals surface area contributed by atoms with Gasteiger partial charge in [0.1, 0.15) is 5.69 Å². The summed E-state index contributed by atoms with van der Waals surface area (Å²) in [4.78, 5) is 32.6. The molecule has 0 radical (unpaired) electrons. The summed E-state index contributed by atoms with van der Waals surface area (Å²) < 4.78 is 19.8. The van der Waals surface area contributed by atoms with E-state index in [4.69, 9.17) is 38.5 Å². The SMILES string of the molecule is C=CCONC(=O)c1c(-c2ccc(Cl)c(OC)c2F)nc(C=O)c(Cl)c1N. The number of ether oxygens (including phenoxy) is 1. The van der Waals surface area contributed by atoms with Gasteiger partial charge in [-0.3, -0.25) is 14.4 Å². The predicted molar refractivity (Wildman–Crippen MR) is 99.6 cm³/mol. The number of nitrogens with zero attached hydrogens (tertiary/aromatic N) is 1. The number of nitrogen functional groups attached to an aromatic ring is 1. The Bertz CT molecular complexity index is 922. The maximum absolute atomic E-state index is 14.8. The van der Waals surface area contributed by atoms with E-state index in [1.807, 2.05) is 0 Å². The quantitative estimate of drug-likeness (QED) is 0.311. The highest BCUT2D eigenvalue weighted by atomic mass is 35.5. The molecule has 0 aliphatic heterocycles. The molecule has 0 aliphatic carbocycles. The van der Waals surface area contributed by atoms with E-state index in [9.17, 15) is 14.0 Å². The number of carbonyl (C=O) groups excluding carboxylic acids is 2. The third-order valence-electron chi connectivity index (χ3n) is 3.41. The highest BCUT2D eigenvalue weighted by Gasteiger charge is 2.26. The Balaban J connectivity index is 2.75. The molecule has 0 bridgehead atoms. The number of hydroxylamine groups is 1. The Morgan fingerprint density at radius 1 is 1.44 bits per heavy atom. The van der Waals surface area contributed by atoms with Crippen LogP contribution in [0, 0.1) is 5.82 Å². The number of halogens is 3. The summed E-state index contributed by atoms with van der Waals surface area (Å²) in [5, 5.41) is -0.236. The largest absolute Gasteiger partial charge is 0.492 e. The van der Waals surface area contributed by atoms with Gasteiger partial charge in [-0.25, -0.2) is 14.9 Å². The van der Waals surface area contributed by atoms with Crippen LogP contribution < -0.4 is 16.0 Å². The standard InChI is InChI=1S/C17H14Cl2FN3O4/c1-3-6-27-23-17(25)11-14(21)12(19)10(7-24)22-15(11)8-4-5-9(18)16(26-2)13(8)20/h3-5,7H,1,6H2,2H3,(H2,21,22)(H,23,25). The zero-order valence-electron chi connectivity index (χ0n) is 14.0. The lowest BCUT2D eigenvalue weighted by molar-refractivity contribution is 0.0423. The van der Waals surface area contributed by atoms with E-state index in [0.29, 0.717) is 6.29 Å². The van der Waals surface area contributed by atoms with Gasteiger partial charge in [0, 0.05) is 5.56 Å². The highest BCUT2D eigenvalue weighted by molar-refractivity contribution is 6.36. The molecule has 0 unspecified atom stereocenters. The fraction of sp³-hybridized carbons (Fsp3) is 0.118. The lowest BCUT2D eigenvalue weighted by Gasteiger charge is -2.16. The third kappa shape index (κ3) is 4.02. The van der Waals surface area contributed by atoms with Crippen LogP contribution in [0.4, 0.5) is 10.1 Å². The van der Waals surface area contributed by atoms with Gasteiger partial charge in [0.2, 0.25) is 0 Å². The van der Waals surface area contributed by atoms with E-state index < -0.39 is 11.7 Å². The number of nitrogens with one attached hydrogen (secondary N) is 1. The molecular weight excluding hydrogens is 400 g/mol. The van der Waals surface area contributed by atoms with Gasteiger partial charge in [-0.1, -0.05) is 29.3 Å². The van der Waals surface area contributed by atoms with Crippen molar-refractivity contribution in [1.29, 1.82) is 0 Å². The molecule has 27 heavy (non-hydrogen) atoms. The summed E-state index contributed by atoms with van der Waals surface area (Å²) in [5.41, 5.74) is 6.81. The topological polar surface area (TPSA) is 104 Å². The molecule has 1 amide bonds. The number of methoxy groups -OCH3 is 1. The van der Waals surface area contributed by atoms with Crippen molar-refractivity contribution in [3.05, 3.63) is 51.9 Å². The lowest BCUT2D eigenvalue weighted by atomic mass is 10.0. The van der Waals surface area contributed by atoms with Crippen molar-refractivity contribution in [3.8, 4) is 17.0 Å². The molecule has 2 rings (SSSR count). The van der Waals surface area contributed by atoms with Crippen LogP contribution in [-0.4, -0.2) is 30.9 Å². The van der Waals surface area contributed by atoms with Crippen molar-refractivity contribution in [3.63, 3.8) is 0 Å². The number of carbonyl (C=O) groups is 2. The normalized spacial score (nSPS) is 10.4. The highest BCUT2D eigenvalue weighted by Crippen LogP contribution is 2.38. The van der Waals surface area contributed by atoms with Crippen LogP contribution in [-0.2, 0) is 4.84 Å². The number of rotatable bonds is 7. The number of benzene rings is 1. The summed E-state index contributed by atoms with van der Waals surface area (Å²) in [6.45, 7) is 3.45. The van der Waals surface area contributed by atoms with Crippen molar-refractivity contribution in [2.45, 2.75) is 0 Å². The van der Waals surface area contributed by atoms with E-state index >= 15 is 0 Å². The maximum atomic E-state index is 14.8. The summed E-state index contributed by atoms with van der Waals surface area (Å²) >= 11 is 11.9. The molecule has 0 atom stereocenters. The van der Waals surface area contributed by atoms with Gasteiger partial charge >= 0.3 is 0 Å². The first kappa shape index (κ1) is 20.6. The Labute approximate surface area is 163 Å². The minimum Gasteiger partial charge on any atom is -0.492 e. The van der Waals surface area contributed by atoms with Crippen LogP contribution in [0.25, 0.3) is 11.3 Å². The first-order valence-corrected chi connectivity index (χ1v) is 8.12. The minimum atomic E-state index is -0.892. The molecule has 0 saturated carbocycles. The second-order valence-corrected chi connectivity index (χ2v) is 5.82. The number of pyridine rings is 1. The summed E-state index contributed by atoms with van der Waals surface area (Å²) in [6.07, 6.45) is 1.73. The Kier molecular flexibility index (Phi) is 6.73. The van der Waals surface area contributed by atoms with Crippen LogP contribution >= 0.6 is 23.2 Å². The van der Waals surface area contributed by atoms with Crippen molar-refractivity contribution in [2.24, 2.45) is 0 Å². The molecular formula is C17H14Cl2FN3O4. The number of hydrogen-bond donors (Lipinski definition) is 2. The van der Waals surface area contributed by atoms with Crippen LogP contribution in [0.15, 0.2) is 24.8 Å². The lowest BCUT2D eigenvalue weighted by Crippen LogP contribution is -2.26. The molecule has 10 heteroatoms. The van der Waals surface area contributed by atoms with Crippen molar-refractivity contribution in [1.82, 2.24) is 10.5 Å². The third-order valence-corrected chi connectivity index (χ3v) is 4.11. The van der Waals surface area contributed by atoms with Crippen molar-refractivity contribution < 1.29 is 23.6 Å². The van der Waals surface area contributed by atoms with Gasteiger partial charge < -0.3 is 10.5 Å². The van der Waals surface area contributed by atoms with Crippen LogP contribution in [0.3, 0.4) is 0 Å². The molecule has 1 aromatic carbocycles.